The fourth-order valence-corrected chi connectivity index (χ4v) is 3.34. The number of anilines is 1. The molecule has 0 radical (unpaired) electrons. The summed E-state index contributed by atoms with van der Waals surface area (Å²) in [6.45, 7) is 6.85. The number of fused-ring (bicyclic) bond motifs is 1. The van der Waals surface area contributed by atoms with Crippen LogP contribution in [0.5, 0.6) is 0 Å². The van der Waals surface area contributed by atoms with Crippen LogP contribution in [0.1, 0.15) is 28.5 Å². The molecule has 1 aromatic heterocycles. The fraction of sp³-hybridized carbons (Fsp3) is 0.211. The molecule has 0 atom stereocenters. The lowest BCUT2D eigenvalue weighted by Crippen LogP contribution is -2.17. The highest BCUT2D eigenvalue weighted by Gasteiger charge is 2.19. The summed E-state index contributed by atoms with van der Waals surface area (Å²) in [6.07, 6.45) is 0. The van der Waals surface area contributed by atoms with Gasteiger partial charge in [0.25, 0.3) is 5.91 Å². The van der Waals surface area contributed by atoms with Crippen molar-refractivity contribution in [3.8, 4) is 0 Å². The number of carbonyl (C=O) groups excluding carboxylic acids is 1. The molecule has 0 bridgehead atoms. The SMILES string of the molecule is CCn1c(C(=O)Nc2ccc(C)c(Br)c2)c(C)c2ccccc21. The topological polar surface area (TPSA) is 34.0 Å². The maximum absolute atomic E-state index is 12.8. The number of rotatable bonds is 3. The van der Waals surface area contributed by atoms with E-state index in [0.29, 0.717) is 0 Å². The molecule has 1 N–H and O–H groups in total. The van der Waals surface area contributed by atoms with Crippen LogP contribution < -0.4 is 5.32 Å². The number of halogens is 1. The summed E-state index contributed by atoms with van der Waals surface area (Å²) in [6, 6.07) is 14.0. The van der Waals surface area contributed by atoms with Crippen molar-refractivity contribution >= 4 is 38.4 Å². The predicted octanol–water partition coefficient (Wildman–Crippen LogP) is 5.29. The van der Waals surface area contributed by atoms with E-state index in [0.717, 1.165) is 44.4 Å². The van der Waals surface area contributed by atoms with E-state index in [1.165, 1.54) is 0 Å². The molecule has 1 heterocycles. The minimum absolute atomic E-state index is 0.0729. The molecule has 1 amide bonds. The molecule has 0 saturated heterocycles. The Morgan fingerprint density at radius 1 is 1.17 bits per heavy atom. The summed E-state index contributed by atoms with van der Waals surface area (Å²) in [7, 11) is 0. The molecule has 3 aromatic rings. The largest absolute Gasteiger partial charge is 0.337 e. The van der Waals surface area contributed by atoms with Gasteiger partial charge in [0, 0.05) is 27.6 Å². The molecule has 0 aliphatic heterocycles. The van der Waals surface area contributed by atoms with E-state index in [2.05, 4.69) is 44.9 Å². The van der Waals surface area contributed by atoms with Crippen LogP contribution in [0.4, 0.5) is 5.69 Å². The molecule has 3 rings (SSSR count). The number of carbonyl (C=O) groups is 1. The Labute approximate surface area is 144 Å². The molecule has 3 nitrogen and oxygen atoms in total. The first-order valence-corrected chi connectivity index (χ1v) is 8.47. The van der Waals surface area contributed by atoms with Gasteiger partial charge >= 0.3 is 0 Å². The molecule has 0 spiro atoms. The zero-order valence-corrected chi connectivity index (χ0v) is 15.1. The molecule has 2 aromatic carbocycles. The molecular weight excluding hydrogens is 352 g/mol. The third-order valence-corrected chi connectivity index (χ3v) is 5.04. The van der Waals surface area contributed by atoms with Crippen LogP contribution >= 0.6 is 15.9 Å². The number of aryl methyl sites for hydroxylation is 3. The first kappa shape index (κ1) is 15.8. The number of benzene rings is 2. The third-order valence-electron chi connectivity index (χ3n) is 4.18. The standard InChI is InChI=1S/C19H19BrN2O/c1-4-22-17-8-6-5-7-15(17)13(3)18(22)19(23)21-14-10-9-12(2)16(20)11-14/h5-11H,4H2,1-3H3,(H,21,23). The highest BCUT2D eigenvalue weighted by Crippen LogP contribution is 2.27. The third kappa shape index (κ3) is 2.79. The minimum atomic E-state index is -0.0729. The van der Waals surface area contributed by atoms with Gasteiger partial charge in [-0.15, -0.1) is 0 Å². The van der Waals surface area contributed by atoms with Gasteiger partial charge in [-0.05, 0) is 50.1 Å². The van der Waals surface area contributed by atoms with Gasteiger partial charge in [0.15, 0.2) is 0 Å². The minimum Gasteiger partial charge on any atom is -0.337 e. The Morgan fingerprint density at radius 3 is 2.61 bits per heavy atom. The summed E-state index contributed by atoms with van der Waals surface area (Å²) in [5.41, 5.74) is 4.78. The van der Waals surface area contributed by atoms with Crippen LogP contribution in [0, 0.1) is 13.8 Å². The van der Waals surface area contributed by atoms with Crippen LogP contribution in [0.2, 0.25) is 0 Å². The number of amides is 1. The van der Waals surface area contributed by atoms with Gasteiger partial charge < -0.3 is 9.88 Å². The van der Waals surface area contributed by atoms with Crippen LogP contribution in [0.25, 0.3) is 10.9 Å². The summed E-state index contributed by atoms with van der Waals surface area (Å²) in [4.78, 5) is 12.8. The van der Waals surface area contributed by atoms with Crippen molar-refractivity contribution in [1.82, 2.24) is 4.57 Å². The number of para-hydroxylation sites is 1. The number of nitrogens with one attached hydrogen (secondary N) is 1. The average Bonchev–Trinajstić information content (AvgIpc) is 2.83. The van der Waals surface area contributed by atoms with Crippen LogP contribution in [0.15, 0.2) is 46.9 Å². The van der Waals surface area contributed by atoms with Gasteiger partial charge in [0.1, 0.15) is 5.69 Å². The second-order valence-electron chi connectivity index (χ2n) is 5.65. The molecule has 0 aliphatic carbocycles. The van der Waals surface area contributed by atoms with E-state index in [-0.39, 0.29) is 5.91 Å². The van der Waals surface area contributed by atoms with Crippen molar-refractivity contribution in [3.05, 3.63) is 63.8 Å². The summed E-state index contributed by atoms with van der Waals surface area (Å²) < 4.78 is 3.06. The van der Waals surface area contributed by atoms with Gasteiger partial charge in [0.05, 0.1) is 0 Å². The van der Waals surface area contributed by atoms with Crippen molar-refractivity contribution < 1.29 is 4.79 Å². The van der Waals surface area contributed by atoms with Gasteiger partial charge in [-0.25, -0.2) is 0 Å². The molecule has 23 heavy (non-hydrogen) atoms. The Balaban J connectivity index is 2.03. The lowest BCUT2D eigenvalue weighted by atomic mass is 10.1. The number of aromatic nitrogens is 1. The Hall–Kier alpha value is -2.07. The zero-order chi connectivity index (χ0) is 16.6. The van der Waals surface area contributed by atoms with E-state index < -0.39 is 0 Å². The lowest BCUT2D eigenvalue weighted by molar-refractivity contribution is 0.101. The number of hydrogen-bond donors (Lipinski definition) is 1. The van der Waals surface area contributed by atoms with Crippen LogP contribution in [0.3, 0.4) is 0 Å². The molecule has 118 valence electrons. The van der Waals surface area contributed by atoms with Gasteiger partial charge in [-0.2, -0.15) is 0 Å². The first-order chi connectivity index (χ1) is 11.0. The van der Waals surface area contributed by atoms with E-state index in [9.17, 15) is 4.79 Å². The van der Waals surface area contributed by atoms with Crippen molar-refractivity contribution in [1.29, 1.82) is 0 Å². The van der Waals surface area contributed by atoms with Crippen molar-refractivity contribution in [2.45, 2.75) is 27.3 Å². The highest BCUT2D eigenvalue weighted by atomic mass is 79.9. The maximum Gasteiger partial charge on any atom is 0.272 e. The summed E-state index contributed by atoms with van der Waals surface area (Å²) in [5, 5.41) is 4.14. The first-order valence-electron chi connectivity index (χ1n) is 7.68. The van der Waals surface area contributed by atoms with Gasteiger partial charge in [0.2, 0.25) is 0 Å². The Bertz CT molecular complexity index is 896. The summed E-state index contributed by atoms with van der Waals surface area (Å²) >= 11 is 3.51. The highest BCUT2D eigenvalue weighted by molar-refractivity contribution is 9.10. The normalized spacial score (nSPS) is 11.0. The van der Waals surface area contributed by atoms with Crippen LogP contribution in [-0.4, -0.2) is 10.5 Å². The second kappa shape index (κ2) is 6.20. The summed E-state index contributed by atoms with van der Waals surface area (Å²) in [5.74, 6) is -0.0729. The Morgan fingerprint density at radius 2 is 1.91 bits per heavy atom. The van der Waals surface area contributed by atoms with Crippen molar-refractivity contribution in [3.63, 3.8) is 0 Å². The smallest absolute Gasteiger partial charge is 0.272 e. The number of hydrogen-bond acceptors (Lipinski definition) is 1. The van der Waals surface area contributed by atoms with Crippen LogP contribution in [-0.2, 0) is 6.54 Å². The quantitative estimate of drug-likeness (QED) is 0.667. The van der Waals surface area contributed by atoms with E-state index in [1.807, 2.05) is 44.2 Å². The fourth-order valence-electron chi connectivity index (χ4n) is 2.96. The number of nitrogens with zero attached hydrogens (tertiary/aromatic N) is 1. The van der Waals surface area contributed by atoms with Crippen molar-refractivity contribution in [2.24, 2.45) is 0 Å². The van der Waals surface area contributed by atoms with E-state index in [4.69, 9.17) is 0 Å². The monoisotopic (exact) mass is 370 g/mol. The molecule has 0 fully saturated rings. The predicted molar refractivity (Wildman–Crippen MR) is 99.2 cm³/mol. The van der Waals surface area contributed by atoms with E-state index >= 15 is 0 Å². The zero-order valence-electron chi connectivity index (χ0n) is 13.5. The maximum atomic E-state index is 12.8. The Kier molecular flexibility index (Phi) is 4.26. The lowest BCUT2D eigenvalue weighted by Gasteiger charge is -2.11. The molecule has 4 heteroatoms. The van der Waals surface area contributed by atoms with E-state index in [1.54, 1.807) is 0 Å². The molecule has 0 aliphatic rings. The average molecular weight is 371 g/mol. The molecular formula is C19H19BrN2O. The van der Waals surface area contributed by atoms with Gasteiger partial charge in [-0.1, -0.05) is 40.2 Å². The molecule has 0 unspecified atom stereocenters. The van der Waals surface area contributed by atoms with Gasteiger partial charge in [-0.3, -0.25) is 4.79 Å². The molecule has 0 saturated carbocycles. The second-order valence-corrected chi connectivity index (χ2v) is 6.51. The van der Waals surface area contributed by atoms with Crippen molar-refractivity contribution in [2.75, 3.05) is 5.32 Å².